The van der Waals surface area contributed by atoms with Gasteiger partial charge in [0.1, 0.15) is 0 Å². The number of benzene rings is 3. The Hall–Kier alpha value is -3.40. The zero-order valence-electron chi connectivity index (χ0n) is 14.3. The smallest absolute Gasteiger partial charge is 0.262 e. The second-order valence-corrected chi connectivity index (χ2v) is 5.92. The molecule has 4 heteroatoms. The molecule has 0 aliphatic heterocycles. The molecular formula is C22H20N2O2. The van der Waals surface area contributed by atoms with E-state index >= 15 is 0 Å². The molecule has 3 rings (SSSR count). The number of carbonyl (C=O) groups excluding carboxylic acids is 2. The largest absolute Gasteiger partial charge is 0.273 e. The quantitative estimate of drug-likeness (QED) is 0.548. The summed E-state index contributed by atoms with van der Waals surface area (Å²) in [6, 6.07) is 23.7. The standard InChI is InChI=1S/C22H20N2O2/c25-21(15-13-17-7-2-1-3-8-17)23-24-22(26)16-14-19-11-6-10-18-9-4-5-12-20(18)19/h1-12,14,16H,13,15H2,(H,23,25)(H,24,26). The summed E-state index contributed by atoms with van der Waals surface area (Å²) >= 11 is 0. The van der Waals surface area contributed by atoms with Crippen LogP contribution in [0.1, 0.15) is 17.5 Å². The van der Waals surface area contributed by atoms with Gasteiger partial charge in [0.05, 0.1) is 0 Å². The maximum absolute atomic E-state index is 11.9. The Bertz CT molecular complexity index is 928. The molecule has 2 N–H and O–H groups in total. The lowest BCUT2D eigenvalue weighted by molar-refractivity contribution is -0.126. The van der Waals surface area contributed by atoms with Gasteiger partial charge in [0, 0.05) is 12.5 Å². The fourth-order valence-corrected chi connectivity index (χ4v) is 2.70. The molecule has 0 unspecified atom stereocenters. The second-order valence-electron chi connectivity index (χ2n) is 5.92. The van der Waals surface area contributed by atoms with Crippen molar-refractivity contribution >= 4 is 28.7 Å². The first-order chi connectivity index (χ1) is 12.7. The number of hydrogen-bond donors (Lipinski definition) is 2. The summed E-state index contributed by atoms with van der Waals surface area (Å²) in [4.78, 5) is 23.7. The molecule has 0 saturated carbocycles. The minimum Gasteiger partial charge on any atom is -0.273 e. The third-order valence-electron chi connectivity index (χ3n) is 4.05. The Morgan fingerprint density at radius 3 is 2.38 bits per heavy atom. The molecule has 130 valence electrons. The highest BCUT2D eigenvalue weighted by Crippen LogP contribution is 2.19. The van der Waals surface area contributed by atoms with E-state index in [1.807, 2.05) is 72.8 Å². The molecule has 0 heterocycles. The Morgan fingerprint density at radius 1 is 0.808 bits per heavy atom. The number of aryl methyl sites for hydroxylation is 1. The Labute approximate surface area is 152 Å². The number of amides is 2. The van der Waals surface area contributed by atoms with E-state index in [0.717, 1.165) is 21.9 Å². The summed E-state index contributed by atoms with van der Waals surface area (Å²) in [6.07, 6.45) is 4.11. The number of hydrogen-bond acceptors (Lipinski definition) is 2. The molecule has 2 amide bonds. The zero-order valence-corrected chi connectivity index (χ0v) is 14.3. The van der Waals surface area contributed by atoms with Crippen LogP contribution in [0.3, 0.4) is 0 Å². The van der Waals surface area contributed by atoms with Gasteiger partial charge in [-0.1, -0.05) is 72.8 Å². The van der Waals surface area contributed by atoms with Crippen LogP contribution in [-0.4, -0.2) is 11.8 Å². The van der Waals surface area contributed by atoms with E-state index in [0.29, 0.717) is 12.8 Å². The van der Waals surface area contributed by atoms with Crippen molar-refractivity contribution in [3.63, 3.8) is 0 Å². The molecule has 0 aliphatic carbocycles. The first kappa shape index (κ1) is 17.4. The monoisotopic (exact) mass is 344 g/mol. The van der Waals surface area contributed by atoms with E-state index in [2.05, 4.69) is 10.9 Å². The second kappa shape index (κ2) is 8.62. The maximum Gasteiger partial charge on any atom is 0.262 e. The van der Waals surface area contributed by atoms with E-state index in [1.165, 1.54) is 6.08 Å². The number of fused-ring (bicyclic) bond motifs is 1. The topological polar surface area (TPSA) is 58.2 Å². The highest BCUT2D eigenvalue weighted by atomic mass is 16.2. The van der Waals surface area contributed by atoms with Gasteiger partial charge in [-0.3, -0.25) is 20.4 Å². The zero-order chi connectivity index (χ0) is 18.2. The Morgan fingerprint density at radius 2 is 1.54 bits per heavy atom. The van der Waals surface area contributed by atoms with Crippen LogP contribution in [0.5, 0.6) is 0 Å². The van der Waals surface area contributed by atoms with Crippen molar-refractivity contribution in [1.29, 1.82) is 0 Å². The average Bonchev–Trinajstić information content (AvgIpc) is 2.70. The van der Waals surface area contributed by atoms with Gasteiger partial charge in [0.25, 0.3) is 5.91 Å². The van der Waals surface area contributed by atoms with Gasteiger partial charge in [-0.05, 0) is 34.4 Å². The van der Waals surface area contributed by atoms with Gasteiger partial charge in [-0.25, -0.2) is 0 Å². The summed E-state index contributed by atoms with van der Waals surface area (Å²) in [5.41, 5.74) is 6.89. The lowest BCUT2D eigenvalue weighted by atomic mass is 10.0. The molecule has 0 spiro atoms. The predicted octanol–water partition coefficient (Wildman–Crippen LogP) is 3.63. The Balaban J connectivity index is 1.50. The molecule has 0 aromatic heterocycles. The van der Waals surface area contributed by atoms with E-state index < -0.39 is 0 Å². The maximum atomic E-state index is 11.9. The first-order valence-electron chi connectivity index (χ1n) is 8.51. The summed E-state index contributed by atoms with van der Waals surface area (Å²) < 4.78 is 0. The van der Waals surface area contributed by atoms with Gasteiger partial charge in [0.2, 0.25) is 5.91 Å². The number of nitrogens with one attached hydrogen (secondary N) is 2. The third-order valence-corrected chi connectivity index (χ3v) is 4.05. The van der Waals surface area contributed by atoms with Gasteiger partial charge in [0.15, 0.2) is 0 Å². The minimum absolute atomic E-state index is 0.222. The first-order valence-corrected chi connectivity index (χ1v) is 8.51. The summed E-state index contributed by atoms with van der Waals surface area (Å²) in [5, 5.41) is 2.19. The van der Waals surface area contributed by atoms with Crippen molar-refractivity contribution in [2.24, 2.45) is 0 Å². The third kappa shape index (κ3) is 4.80. The summed E-state index contributed by atoms with van der Waals surface area (Å²) in [7, 11) is 0. The highest BCUT2D eigenvalue weighted by molar-refractivity contribution is 5.97. The van der Waals surface area contributed by atoms with Crippen LogP contribution >= 0.6 is 0 Å². The number of hydrazine groups is 1. The van der Waals surface area contributed by atoms with Crippen molar-refractivity contribution in [2.45, 2.75) is 12.8 Å². The molecule has 0 saturated heterocycles. The number of carbonyl (C=O) groups is 2. The molecule has 0 radical (unpaired) electrons. The van der Waals surface area contributed by atoms with Crippen LogP contribution in [-0.2, 0) is 16.0 Å². The van der Waals surface area contributed by atoms with Gasteiger partial charge >= 0.3 is 0 Å². The summed E-state index contributed by atoms with van der Waals surface area (Å²) in [5.74, 6) is -0.591. The minimum atomic E-state index is -0.369. The molecule has 0 atom stereocenters. The van der Waals surface area contributed by atoms with E-state index in [9.17, 15) is 9.59 Å². The van der Waals surface area contributed by atoms with Crippen LogP contribution < -0.4 is 10.9 Å². The SMILES string of the molecule is O=C(C=Cc1cccc2ccccc12)NNC(=O)CCc1ccccc1. The van der Waals surface area contributed by atoms with Gasteiger partial charge < -0.3 is 0 Å². The van der Waals surface area contributed by atoms with Crippen LogP contribution in [0, 0.1) is 0 Å². The van der Waals surface area contributed by atoms with Crippen molar-refractivity contribution in [3.05, 3.63) is 90.0 Å². The van der Waals surface area contributed by atoms with Gasteiger partial charge in [-0.2, -0.15) is 0 Å². The predicted molar refractivity (Wildman–Crippen MR) is 104 cm³/mol. The molecule has 0 bridgehead atoms. The van der Waals surface area contributed by atoms with Crippen LogP contribution in [0.25, 0.3) is 16.8 Å². The molecule has 3 aromatic carbocycles. The van der Waals surface area contributed by atoms with Crippen molar-refractivity contribution < 1.29 is 9.59 Å². The van der Waals surface area contributed by atoms with E-state index in [1.54, 1.807) is 6.08 Å². The van der Waals surface area contributed by atoms with Crippen LogP contribution in [0.4, 0.5) is 0 Å². The Kier molecular flexibility index (Phi) is 5.78. The van der Waals surface area contributed by atoms with E-state index in [4.69, 9.17) is 0 Å². The normalized spacial score (nSPS) is 10.8. The molecule has 3 aromatic rings. The number of rotatable bonds is 5. The molecular weight excluding hydrogens is 324 g/mol. The molecule has 4 nitrogen and oxygen atoms in total. The van der Waals surface area contributed by atoms with Crippen molar-refractivity contribution in [3.8, 4) is 0 Å². The van der Waals surface area contributed by atoms with Gasteiger partial charge in [-0.15, -0.1) is 0 Å². The lowest BCUT2D eigenvalue weighted by Crippen LogP contribution is -2.40. The van der Waals surface area contributed by atoms with Crippen LogP contribution in [0.15, 0.2) is 78.9 Å². The lowest BCUT2D eigenvalue weighted by Gasteiger charge is -2.06. The van der Waals surface area contributed by atoms with Crippen LogP contribution in [0.2, 0.25) is 0 Å². The molecule has 0 fully saturated rings. The fraction of sp³-hybridized carbons (Fsp3) is 0.0909. The van der Waals surface area contributed by atoms with Crippen molar-refractivity contribution in [2.75, 3.05) is 0 Å². The highest BCUT2D eigenvalue weighted by Gasteiger charge is 2.03. The van der Waals surface area contributed by atoms with Crippen molar-refractivity contribution in [1.82, 2.24) is 10.9 Å². The fourth-order valence-electron chi connectivity index (χ4n) is 2.70. The summed E-state index contributed by atoms with van der Waals surface area (Å²) in [6.45, 7) is 0. The average molecular weight is 344 g/mol. The molecule has 0 aliphatic rings. The molecule has 26 heavy (non-hydrogen) atoms. The van der Waals surface area contributed by atoms with E-state index in [-0.39, 0.29) is 11.8 Å².